The van der Waals surface area contributed by atoms with Gasteiger partial charge in [0.25, 0.3) is 5.91 Å². The standard InChI is InChI=1S/C17H16N4OS/c1-12-14-4-9-23-15(14)3-7-21(12)17(22)13-2-5-19-16(10-13)20-8-6-18-11-20/h2,4-6,8-12H,3,7H2,1H3. The quantitative estimate of drug-likeness (QED) is 0.728. The van der Waals surface area contributed by atoms with Gasteiger partial charge in [-0.15, -0.1) is 11.3 Å². The SMILES string of the molecule is CC1c2ccsc2CCN1C(=O)c1ccnc(-n2ccnc2)c1. The molecule has 0 N–H and O–H groups in total. The maximum atomic E-state index is 12.9. The summed E-state index contributed by atoms with van der Waals surface area (Å²) in [6, 6.07) is 5.84. The van der Waals surface area contributed by atoms with Crippen molar-refractivity contribution in [1.82, 2.24) is 19.4 Å². The van der Waals surface area contributed by atoms with Gasteiger partial charge in [-0.05, 0) is 42.5 Å². The van der Waals surface area contributed by atoms with Crippen molar-refractivity contribution in [3.63, 3.8) is 0 Å². The number of nitrogens with zero attached hydrogens (tertiary/aromatic N) is 4. The Morgan fingerprint density at radius 3 is 3.09 bits per heavy atom. The van der Waals surface area contributed by atoms with Crippen LogP contribution in [0.25, 0.3) is 5.82 Å². The first-order chi connectivity index (χ1) is 11.2. The van der Waals surface area contributed by atoms with E-state index in [2.05, 4.69) is 28.3 Å². The number of pyridine rings is 1. The highest BCUT2D eigenvalue weighted by Crippen LogP contribution is 2.33. The maximum Gasteiger partial charge on any atom is 0.254 e. The van der Waals surface area contributed by atoms with E-state index in [1.165, 1.54) is 10.4 Å². The van der Waals surface area contributed by atoms with E-state index in [4.69, 9.17) is 0 Å². The second-order valence-corrected chi connectivity index (χ2v) is 6.60. The average Bonchev–Trinajstić information content (AvgIpc) is 3.26. The number of rotatable bonds is 2. The number of imidazole rings is 1. The second-order valence-electron chi connectivity index (χ2n) is 5.60. The summed E-state index contributed by atoms with van der Waals surface area (Å²) in [4.78, 5) is 24.6. The van der Waals surface area contributed by atoms with Crippen LogP contribution in [-0.2, 0) is 6.42 Å². The lowest BCUT2D eigenvalue weighted by Crippen LogP contribution is -2.38. The molecule has 116 valence electrons. The molecule has 6 heteroatoms. The van der Waals surface area contributed by atoms with E-state index < -0.39 is 0 Å². The van der Waals surface area contributed by atoms with Gasteiger partial charge in [0.1, 0.15) is 12.1 Å². The van der Waals surface area contributed by atoms with E-state index in [-0.39, 0.29) is 11.9 Å². The monoisotopic (exact) mass is 324 g/mol. The molecule has 1 aliphatic heterocycles. The van der Waals surface area contributed by atoms with E-state index in [9.17, 15) is 4.79 Å². The lowest BCUT2D eigenvalue weighted by molar-refractivity contribution is 0.0679. The fourth-order valence-corrected chi connectivity index (χ4v) is 4.00. The van der Waals surface area contributed by atoms with Crippen molar-refractivity contribution in [1.29, 1.82) is 0 Å². The molecule has 0 spiro atoms. The number of carbonyl (C=O) groups is 1. The Bertz CT molecular complexity index is 840. The van der Waals surface area contributed by atoms with Gasteiger partial charge in [-0.1, -0.05) is 0 Å². The molecule has 23 heavy (non-hydrogen) atoms. The molecule has 1 atom stereocenters. The zero-order valence-electron chi connectivity index (χ0n) is 12.7. The van der Waals surface area contributed by atoms with Gasteiger partial charge in [0.05, 0.1) is 6.04 Å². The molecule has 3 aromatic heterocycles. The summed E-state index contributed by atoms with van der Waals surface area (Å²) in [5.41, 5.74) is 1.94. The molecule has 1 aliphatic rings. The van der Waals surface area contributed by atoms with Crippen molar-refractivity contribution in [2.24, 2.45) is 0 Å². The van der Waals surface area contributed by atoms with Crippen molar-refractivity contribution >= 4 is 17.2 Å². The van der Waals surface area contributed by atoms with Crippen molar-refractivity contribution in [3.05, 3.63) is 64.5 Å². The Kier molecular flexibility index (Phi) is 3.46. The fourth-order valence-electron chi connectivity index (χ4n) is 3.04. The fraction of sp³-hybridized carbons (Fsp3) is 0.235. The largest absolute Gasteiger partial charge is 0.331 e. The zero-order chi connectivity index (χ0) is 15.8. The Morgan fingerprint density at radius 1 is 1.35 bits per heavy atom. The minimum absolute atomic E-state index is 0.0538. The highest BCUT2D eigenvalue weighted by Gasteiger charge is 2.29. The molecule has 1 unspecified atom stereocenters. The Balaban J connectivity index is 1.64. The number of thiophene rings is 1. The highest BCUT2D eigenvalue weighted by molar-refractivity contribution is 7.10. The smallest absolute Gasteiger partial charge is 0.254 e. The first-order valence-corrected chi connectivity index (χ1v) is 8.43. The number of carbonyl (C=O) groups excluding carboxylic acids is 1. The number of hydrogen-bond acceptors (Lipinski definition) is 4. The summed E-state index contributed by atoms with van der Waals surface area (Å²) < 4.78 is 1.80. The van der Waals surface area contributed by atoms with Crippen molar-refractivity contribution in [2.75, 3.05) is 6.54 Å². The summed E-state index contributed by atoms with van der Waals surface area (Å²) in [6.07, 6.45) is 7.80. The van der Waals surface area contributed by atoms with Crippen LogP contribution in [-0.4, -0.2) is 31.9 Å². The summed E-state index contributed by atoms with van der Waals surface area (Å²) >= 11 is 1.78. The predicted octanol–water partition coefficient (Wildman–Crippen LogP) is 3.09. The molecule has 4 heterocycles. The molecule has 0 radical (unpaired) electrons. The van der Waals surface area contributed by atoms with Crippen LogP contribution < -0.4 is 0 Å². The first kappa shape index (κ1) is 14.1. The topological polar surface area (TPSA) is 51.0 Å². The third-order valence-electron chi connectivity index (χ3n) is 4.30. The molecule has 0 saturated heterocycles. The van der Waals surface area contributed by atoms with Crippen LogP contribution in [0.2, 0.25) is 0 Å². The molecule has 0 aromatic carbocycles. The molecular formula is C17H16N4OS. The summed E-state index contributed by atoms with van der Waals surface area (Å²) in [5, 5.41) is 2.11. The minimum atomic E-state index is 0.0538. The molecule has 1 amide bonds. The van der Waals surface area contributed by atoms with Crippen LogP contribution in [0, 0.1) is 0 Å². The van der Waals surface area contributed by atoms with E-state index in [1.54, 1.807) is 40.7 Å². The zero-order valence-corrected chi connectivity index (χ0v) is 13.5. The highest BCUT2D eigenvalue weighted by atomic mass is 32.1. The molecule has 0 saturated carbocycles. The molecule has 4 rings (SSSR count). The minimum Gasteiger partial charge on any atom is -0.331 e. The van der Waals surface area contributed by atoms with Gasteiger partial charge in [0.2, 0.25) is 0 Å². The van der Waals surface area contributed by atoms with Gasteiger partial charge < -0.3 is 4.90 Å². The third-order valence-corrected chi connectivity index (χ3v) is 5.30. The van der Waals surface area contributed by atoms with E-state index >= 15 is 0 Å². The maximum absolute atomic E-state index is 12.9. The Morgan fingerprint density at radius 2 is 2.26 bits per heavy atom. The number of fused-ring (bicyclic) bond motifs is 1. The first-order valence-electron chi connectivity index (χ1n) is 7.55. The third kappa shape index (κ3) is 2.45. The molecule has 0 fully saturated rings. The van der Waals surface area contributed by atoms with Crippen molar-refractivity contribution < 1.29 is 4.79 Å². The van der Waals surface area contributed by atoms with Crippen molar-refractivity contribution in [2.45, 2.75) is 19.4 Å². The number of aromatic nitrogens is 3. The summed E-state index contributed by atoms with van der Waals surface area (Å²) in [5.74, 6) is 0.757. The van der Waals surface area contributed by atoms with Crippen LogP contribution >= 0.6 is 11.3 Å². The molecule has 3 aromatic rings. The van der Waals surface area contributed by atoms with E-state index in [1.807, 2.05) is 17.2 Å². The second kappa shape index (κ2) is 5.62. The normalized spacial score (nSPS) is 17.1. The lowest BCUT2D eigenvalue weighted by atomic mass is 10.0. The van der Waals surface area contributed by atoms with Crippen LogP contribution in [0.1, 0.15) is 33.8 Å². The summed E-state index contributed by atoms with van der Waals surface area (Å²) in [6.45, 7) is 2.86. The number of hydrogen-bond donors (Lipinski definition) is 0. The molecule has 0 bridgehead atoms. The molecular weight excluding hydrogens is 308 g/mol. The number of amides is 1. The Labute approximate surface area is 138 Å². The van der Waals surface area contributed by atoms with Crippen LogP contribution in [0.4, 0.5) is 0 Å². The van der Waals surface area contributed by atoms with E-state index in [0.717, 1.165) is 13.0 Å². The van der Waals surface area contributed by atoms with E-state index in [0.29, 0.717) is 11.4 Å². The van der Waals surface area contributed by atoms with Crippen LogP contribution in [0.5, 0.6) is 0 Å². The van der Waals surface area contributed by atoms with Gasteiger partial charge in [-0.3, -0.25) is 9.36 Å². The molecule has 5 nitrogen and oxygen atoms in total. The van der Waals surface area contributed by atoms with Gasteiger partial charge in [-0.25, -0.2) is 9.97 Å². The predicted molar refractivity (Wildman–Crippen MR) is 88.8 cm³/mol. The van der Waals surface area contributed by atoms with Gasteiger partial charge in [0.15, 0.2) is 0 Å². The Hall–Kier alpha value is -2.47. The van der Waals surface area contributed by atoms with Gasteiger partial charge in [-0.2, -0.15) is 0 Å². The lowest BCUT2D eigenvalue weighted by Gasteiger charge is -2.33. The van der Waals surface area contributed by atoms with Gasteiger partial charge >= 0.3 is 0 Å². The van der Waals surface area contributed by atoms with Gasteiger partial charge in [0, 0.05) is 35.6 Å². The molecule has 0 aliphatic carbocycles. The van der Waals surface area contributed by atoms with Crippen LogP contribution in [0.3, 0.4) is 0 Å². The van der Waals surface area contributed by atoms with Crippen molar-refractivity contribution in [3.8, 4) is 5.82 Å². The van der Waals surface area contributed by atoms with Crippen LogP contribution in [0.15, 0.2) is 48.5 Å². The summed E-state index contributed by atoms with van der Waals surface area (Å²) in [7, 11) is 0. The average molecular weight is 324 g/mol.